The fraction of sp³-hybridized carbons (Fsp3) is 0.364. The molecule has 6 rings (SSSR count). The van der Waals surface area contributed by atoms with E-state index in [0.717, 1.165) is 19.3 Å². The van der Waals surface area contributed by atoms with Gasteiger partial charge in [0.1, 0.15) is 34.7 Å². The van der Waals surface area contributed by atoms with Crippen LogP contribution in [0.3, 0.4) is 0 Å². The van der Waals surface area contributed by atoms with E-state index in [-0.39, 0.29) is 36.7 Å². The first-order valence-electron chi connectivity index (χ1n) is 15.2. The van der Waals surface area contributed by atoms with Gasteiger partial charge in [-0.15, -0.1) is 0 Å². The molecule has 4 heterocycles. The Morgan fingerprint density at radius 2 is 1.89 bits per heavy atom. The number of aryl methyl sites for hydroxylation is 1. The fourth-order valence-electron chi connectivity index (χ4n) is 5.15. The molecule has 3 aromatic heterocycles. The maximum atomic E-state index is 15.4. The Hall–Kier alpha value is -4.75. The minimum atomic E-state index is -0.733. The molecule has 1 saturated heterocycles. The summed E-state index contributed by atoms with van der Waals surface area (Å²) in [6.07, 6.45) is 5.96. The molecule has 240 valence electrons. The Morgan fingerprint density at radius 1 is 1.07 bits per heavy atom. The number of hydrogen-bond acceptors (Lipinski definition) is 10. The van der Waals surface area contributed by atoms with E-state index in [1.165, 1.54) is 30.1 Å². The summed E-state index contributed by atoms with van der Waals surface area (Å²) in [6.45, 7) is 4.95. The van der Waals surface area contributed by atoms with Gasteiger partial charge in [-0.2, -0.15) is 5.10 Å². The van der Waals surface area contributed by atoms with E-state index in [9.17, 15) is 0 Å². The standard InChI is InChI=1S/C33H35F2N7O4/c1-20(19-46-30-10-6-7-13-44-30)18-45-22-14-25(34)24(26(35)15-22)17-42-27-9-5-4-8-23(27)31(41-42)33-37-16-28(43-3)32(40-33)39-29-11-12-36-21(2)38-29/h4-5,8-9,11-12,14-16,20,30H,6-7,10,13,17-19H2,1-3H3,(H,36,37,38,39,40)/t20-,30?/m0/s1. The van der Waals surface area contributed by atoms with Crippen LogP contribution in [0.2, 0.25) is 0 Å². The van der Waals surface area contributed by atoms with Gasteiger partial charge in [-0.25, -0.2) is 28.7 Å². The molecule has 0 aliphatic carbocycles. The van der Waals surface area contributed by atoms with Crippen molar-refractivity contribution in [2.24, 2.45) is 5.92 Å². The highest BCUT2D eigenvalue weighted by Crippen LogP contribution is 2.31. The molecule has 11 nitrogen and oxygen atoms in total. The number of nitrogens with zero attached hydrogens (tertiary/aromatic N) is 6. The monoisotopic (exact) mass is 631 g/mol. The number of methoxy groups -OCH3 is 1. The zero-order valence-electron chi connectivity index (χ0n) is 25.9. The molecular formula is C33H35F2N7O4. The Balaban J connectivity index is 1.21. The molecule has 5 aromatic rings. The third-order valence-electron chi connectivity index (χ3n) is 7.53. The van der Waals surface area contributed by atoms with Crippen LogP contribution >= 0.6 is 0 Å². The van der Waals surface area contributed by atoms with Crippen molar-refractivity contribution >= 4 is 22.5 Å². The summed E-state index contributed by atoms with van der Waals surface area (Å²) in [4.78, 5) is 17.6. The minimum absolute atomic E-state index is 0.00570. The van der Waals surface area contributed by atoms with Crippen molar-refractivity contribution in [2.75, 3.05) is 32.2 Å². The Bertz CT molecular complexity index is 1790. The number of benzene rings is 2. The summed E-state index contributed by atoms with van der Waals surface area (Å²) in [7, 11) is 1.51. The van der Waals surface area contributed by atoms with E-state index in [2.05, 4.69) is 25.3 Å². The lowest BCUT2D eigenvalue weighted by Gasteiger charge is -2.24. The van der Waals surface area contributed by atoms with Crippen LogP contribution in [-0.4, -0.2) is 62.9 Å². The van der Waals surface area contributed by atoms with Crippen molar-refractivity contribution in [2.45, 2.75) is 45.9 Å². The van der Waals surface area contributed by atoms with Crippen molar-refractivity contribution in [3.63, 3.8) is 0 Å². The molecular weight excluding hydrogens is 596 g/mol. The summed E-state index contributed by atoms with van der Waals surface area (Å²) in [5.41, 5.74) is 0.957. The zero-order chi connectivity index (χ0) is 32.0. The molecule has 0 saturated carbocycles. The van der Waals surface area contributed by atoms with Crippen molar-refractivity contribution in [1.82, 2.24) is 29.7 Å². The van der Waals surface area contributed by atoms with Crippen molar-refractivity contribution in [3.8, 4) is 23.0 Å². The topological polar surface area (TPSA) is 118 Å². The SMILES string of the molecule is COc1cnc(-c2nn(Cc3c(F)cc(OC[C@H](C)COC4CCCCO4)cc3F)c3ccccc23)nc1Nc1ccnc(C)n1. The Labute approximate surface area is 264 Å². The molecule has 1 aliphatic heterocycles. The Morgan fingerprint density at radius 3 is 2.65 bits per heavy atom. The van der Waals surface area contributed by atoms with Crippen LogP contribution in [0, 0.1) is 24.5 Å². The summed E-state index contributed by atoms with van der Waals surface area (Å²) in [5.74, 6) is 0.832. The van der Waals surface area contributed by atoms with Crippen LogP contribution in [-0.2, 0) is 16.0 Å². The van der Waals surface area contributed by atoms with Crippen LogP contribution in [0.5, 0.6) is 11.5 Å². The first kappa shape index (κ1) is 31.2. The second-order valence-electron chi connectivity index (χ2n) is 11.2. The molecule has 1 fully saturated rings. The highest BCUT2D eigenvalue weighted by molar-refractivity contribution is 5.92. The molecule has 1 N–H and O–H groups in total. The van der Waals surface area contributed by atoms with Crippen LogP contribution in [0.25, 0.3) is 22.4 Å². The number of fused-ring (bicyclic) bond motifs is 1. The van der Waals surface area contributed by atoms with Crippen molar-refractivity contribution in [1.29, 1.82) is 0 Å². The molecule has 13 heteroatoms. The van der Waals surface area contributed by atoms with E-state index in [1.54, 1.807) is 19.2 Å². The summed E-state index contributed by atoms with van der Waals surface area (Å²) < 4.78 is 54.8. The van der Waals surface area contributed by atoms with E-state index < -0.39 is 11.6 Å². The van der Waals surface area contributed by atoms with Gasteiger partial charge in [-0.1, -0.05) is 25.1 Å². The van der Waals surface area contributed by atoms with E-state index in [0.29, 0.717) is 58.8 Å². The van der Waals surface area contributed by atoms with Gasteiger partial charge in [0.25, 0.3) is 0 Å². The summed E-state index contributed by atoms with van der Waals surface area (Å²) >= 11 is 0. The molecule has 0 bridgehead atoms. The Kier molecular flexibility index (Phi) is 9.60. The van der Waals surface area contributed by atoms with Crippen LogP contribution in [0.15, 0.2) is 54.9 Å². The van der Waals surface area contributed by atoms with Crippen molar-refractivity contribution < 1.29 is 27.7 Å². The zero-order valence-corrected chi connectivity index (χ0v) is 25.9. The highest BCUT2D eigenvalue weighted by atomic mass is 19.1. The number of rotatable bonds is 12. The molecule has 1 unspecified atom stereocenters. The van der Waals surface area contributed by atoms with Crippen LogP contribution in [0.1, 0.15) is 37.6 Å². The molecule has 0 amide bonds. The number of aromatic nitrogens is 6. The molecule has 2 atom stereocenters. The van der Waals surface area contributed by atoms with Crippen molar-refractivity contribution in [3.05, 3.63) is 77.9 Å². The third-order valence-corrected chi connectivity index (χ3v) is 7.53. The second-order valence-corrected chi connectivity index (χ2v) is 11.2. The highest BCUT2D eigenvalue weighted by Gasteiger charge is 2.21. The molecule has 2 aromatic carbocycles. The van der Waals surface area contributed by atoms with Crippen LogP contribution < -0.4 is 14.8 Å². The predicted octanol–water partition coefficient (Wildman–Crippen LogP) is 6.23. The minimum Gasteiger partial charge on any atom is -0.493 e. The predicted molar refractivity (Wildman–Crippen MR) is 167 cm³/mol. The number of hydrogen-bond donors (Lipinski definition) is 1. The number of anilines is 2. The number of para-hydroxylation sites is 1. The van der Waals surface area contributed by atoms with Gasteiger partial charge in [-0.05, 0) is 38.3 Å². The first-order chi connectivity index (χ1) is 22.4. The van der Waals surface area contributed by atoms with E-state index >= 15 is 8.78 Å². The largest absolute Gasteiger partial charge is 0.493 e. The van der Waals surface area contributed by atoms with Gasteiger partial charge in [0.2, 0.25) is 0 Å². The maximum Gasteiger partial charge on any atom is 0.183 e. The van der Waals surface area contributed by atoms with Gasteiger partial charge < -0.3 is 24.3 Å². The van der Waals surface area contributed by atoms with Gasteiger partial charge >= 0.3 is 0 Å². The summed E-state index contributed by atoms with van der Waals surface area (Å²) in [6, 6.07) is 11.5. The average molecular weight is 632 g/mol. The first-order valence-corrected chi connectivity index (χ1v) is 15.2. The molecule has 0 spiro atoms. The smallest absolute Gasteiger partial charge is 0.183 e. The second kappa shape index (κ2) is 14.1. The fourth-order valence-corrected chi connectivity index (χ4v) is 5.15. The lowest BCUT2D eigenvalue weighted by atomic mass is 10.1. The van der Waals surface area contributed by atoms with Crippen LogP contribution in [0.4, 0.5) is 20.4 Å². The van der Waals surface area contributed by atoms with Gasteiger partial charge in [0, 0.05) is 41.8 Å². The number of nitrogens with one attached hydrogen (secondary N) is 1. The lowest BCUT2D eigenvalue weighted by Crippen LogP contribution is -2.26. The third kappa shape index (κ3) is 7.21. The van der Waals surface area contributed by atoms with E-state index in [1.807, 2.05) is 31.2 Å². The summed E-state index contributed by atoms with van der Waals surface area (Å²) in [5, 5.41) is 8.56. The van der Waals surface area contributed by atoms with Gasteiger partial charge in [0.05, 0.1) is 38.6 Å². The molecule has 46 heavy (non-hydrogen) atoms. The molecule has 1 aliphatic rings. The van der Waals surface area contributed by atoms with Gasteiger partial charge in [0.15, 0.2) is 23.7 Å². The normalized spacial score (nSPS) is 15.5. The van der Waals surface area contributed by atoms with E-state index in [4.69, 9.17) is 24.0 Å². The maximum absolute atomic E-state index is 15.4. The van der Waals surface area contributed by atoms with Gasteiger partial charge in [-0.3, -0.25) is 4.68 Å². The number of ether oxygens (including phenoxy) is 4. The lowest BCUT2D eigenvalue weighted by molar-refractivity contribution is -0.169. The number of halogens is 2. The molecule has 0 radical (unpaired) electrons. The quantitative estimate of drug-likeness (QED) is 0.170. The average Bonchev–Trinajstić information content (AvgIpc) is 3.43.